The molecule has 2 unspecified atom stereocenters. The summed E-state index contributed by atoms with van der Waals surface area (Å²) in [5, 5.41) is 0.849. The number of likely N-dealkylation sites (tertiary alicyclic amines) is 1. The number of nitrogens with two attached hydrogens (primary N) is 1. The molecule has 3 rings (SSSR count). The van der Waals surface area contributed by atoms with Crippen molar-refractivity contribution < 1.29 is 9.53 Å². The minimum absolute atomic E-state index is 0.0672. The van der Waals surface area contributed by atoms with Gasteiger partial charge in [0, 0.05) is 24.7 Å². The molecule has 2 aromatic rings. The van der Waals surface area contributed by atoms with Crippen LogP contribution in [-0.2, 0) is 0 Å². The molecule has 0 spiro atoms. The Bertz CT molecular complexity index is 697. The number of carbonyl (C=O) groups excluding carboxylic acids is 1. The van der Waals surface area contributed by atoms with E-state index in [9.17, 15) is 4.79 Å². The molecule has 2 N–H and O–H groups in total. The van der Waals surface area contributed by atoms with Crippen molar-refractivity contribution in [2.75, 3.05) is 20.2 Å². The van der Waals surface area contributed by atoms with Crippen molar-refractivity contribution in [2.45, 2.75) is 25.8 Å². The number of piperidine rings is 1. The number of ether oxygens (including phenoxy) is 1. The molecule has 5 nitrogen and oxygen atoms in total. The maximum absolute atomic E-state index is 12.7. The molecule has 2 atom stereocenters. The summed E-state index contributed by atoms with van der Waals surface area (Å²) in [6.07, 6.45) is 3.80. The molecular weight excluding hydrogens is 322 g/mol. The Labute approximate surface area is 146 Å². The van der Waals surface area contributed by atoms with E-state index in [0.717, 1.165) is 42.3 Å². The van der Waals surface area contributed by atoms with Gasteiger partial charge in [-0.25, -0.2) is 4.98 Å². The van der Waals surface area contributed by atoms with Crippen molar-refractivity contribution in [3.05, 3.63) is 35.3 Å². The maximum Gasteiger partial charge on any atom is 0.265 e. The van der Waals surface area contributed by atoms with Gasteiger partial charge < -0.3 is 15.4 Å². The topological polar surface area (TPSA) is 68.5 Å². The second-order valence-corrected chi connectivity index (χ2v) is 7.30. The minimum Gasteiger partial charge on any atom is -0.497 e. The highest BCUT2D eigenvalue weighted by molar-refractivity contribution is 7.16. The van der Waals surface area contributed by atoms with Crippen LogP contribution in [0.3, 0.4) is 0 Å². The lowest BCUT2D eigenvalue weighted by Crippen LogP contribution is -2.44. The zero-order valence-electron chi connectivity index (χ0n) is 14.1. The molecule has 0 radical (unpaired) electrons. The van der Waals surface area contributed by atoms with Crippen LogP contribution in [0.25, 0.3) is 10.6 Å². The average molecular weight is 345 g/mol. The van der Waals surface area contributed by atoms with Gasteiger partial charge in [-0.15, -0.1) is 11.3 Å². The molecule has 0 saturated carbocycles. The number of methoxy groups -OCH3 is 1. The molecule has 2 heterocycles. The largest absolute Gasteiger partial charge is 0.497 e. The van der Waals surface area contributed by atoms with Gasteiger partial charge in [0.05, 0.1) is 13.3 Å². The van der Waals surface area contributed by atoms with Crippen LogP contribution < -0.4 is 10.5 Å². The Hall–Kier alpha value is -1.92. The van der Waals surface area contributed by atoms with Crippen LogP contribution in [0.4, 0.5) is 0 Å². The molecule has 0 aliphatic carbocycles. The molecule has 1 amide bonds. The van der Waals surface area contributed by atoms with Gasteiger partial charge in [-0.2, -0.15) is 0 Å². The van der Waals surface area contributed by atoms with Gasteiger partial charge in [-0.05, 0) is 49.9 Å². The monoisotopic (exact) mass is 345 g/mol. The van der Waals surface area contributed by atoms with Crippen molar-refractivity contribution in [1.82, 2.24) is 9.88 Å². The van der Waals surface area contributed by atoms with Crippen LogP contribution in [0.1, 0.15) is 29.4 Å². The Kier molecular flexibility index (Phi) is 5.16. The molecular formula is C18H23N3O2S. The molecule has 24 heavy (non-hydrogen) atoms. The normalized spacial score (nSPS) is 19.1. The van der Waals surface area contributed by atoms with Gasteiger partial charge in [0.1, 0.15) is 15.6 Å². The Morgan fingerprint density at radius 3 is 2.83 bits per heavy atom. The highest BCUT2D eigenvalue weighted by Crippen LogP contribution is 2.28. The van der Waals surface area contributed by atoms with Crippen molar-refractivity contribution in [1.29, 1.82) is 0 Å². The molecule has 1 fully saturated rings. The Balaban J connectivity index is 1.73. The average Bonchev–Trinajstić information content (AvgIpc) is 3.11. The molecule has 0 bridgehead atoms. The number of carbonyl (C=O) groups is 1. The van der Waals surface area contributed by atoms with Gasteiger partial charge >= 0.3 is 0 Å². The fraction of sp³-hybridized carbons (Fsp3) is 0.444. The smallest absolute Gasteiger partial charge is 0.265 e. The number of aromatic nitrogens is 1. The van der Waals surface area contributed by atoms with E-state index in [1.165, 1.54) is 11.3 Å². The first-order chi connectivity index (χ1) is 11.6. The summed E-state index contributed by atoms with van der Waals surface area (Å²) in [7, 11) is 1.64. The second-order valence-electron chi connectivity index (χ2n) is 6.27. The van der Waals surface area contributed by atoms with E-state index in [0.29, 0.717) is 10.8 Å². The summed E-state index contributed by atoms with van der Waals surface area (Å²) in [6, 6.07) is 7.83. The van der Waals surface area contributed by atoms with Crippen molar-refractivity contribution >= 4 is 17.2 Å². The predicted octanol–water partition coefficient (Wildman–Crippen LogP) is 3.02. The molecule has 6 heteroatoms. The van der Waals surface area contributed by atoms with Gasteiger partial charge in [-0.1, -0.05) is 0 Å². The van der Waals surface area contributed by atoms with E-state index < -0.39 is 0 Å². The standard InChI is InChI=1S/C18H23N3O2S/c1-12(19)14-4-3-9-21(11-14)18(22)16-10-20-17(24-16)13-5-7-15(23-2)8-6-13/h5-8,10,12,14H,3-4,9,11,19H2,1-2H3. The van der Waals surface area contributed by atoms with E-state index in [-0.39, 0.29) is 11.9 Å². The summed E-state index contributed by atoms with van der Waals surface area (Å²) in [4.78, 5) is 19.8. The van der Waals surface area contributed by atoms with Gasteiger partial charge in [-0.3, -0.25) is 4.79 Å². The lowest BCUT2D eigenvalue weighted by molar-refractivity contribution is 0.0665. The Morgan fingerprint density at radius 1 is 1.42 bits per heavy atom. The fourth-order valence-corrected chi connectivity index (χ4v) is 3.91. The van der Waals surface area contributed by atoms with E-state index in [2.05, 4.69) is 4.98 Å². The number of thiazole rings is 1. The van der Waals surface area contributed by atoms with Gasteiger partial charge in [0.15, 0.2) is 0 Å². The van der Waals surface area contributed by atoms with Gasteiger partial charge in [0.25, 0.3) is 5.91 Å². The van der Waals surface area contributed by atoms with Crippen molar-refractivity contribution in [3.63, 3.8) is 0 Å². The lowest BCUT2D eigenvalue weighted by Gasteiger charge is -2.34. The number of hydrogen-bond acceptors (Lipinski definition) is 5. The third kappa shape index (κ3) is 3.60. The van der Waals surface area contributed by atoms with Crippen molar-refractivity contribution in [3.8, 4) is 16.3 Å². The van der Waals surface area contributed by atoms with E-state index in [1.54, 1.807) is 13.3 Å². The van der Waals surface area contributed by atoms with Crippen LogP contribution in [0.15, 0.2) is 30.5 Å². The molecule has 1 aliphatic rings. The van der Waals surface area contributed by atoms with Crippen LogP contribution in [0.2, 0.25) is 0 Å². The summed E-state index contributed by atoms with van der Waals surface area (Å²) < 4.78 is 5.17. The Morgan fingerprint density at radius 2 is 2.17 bits per heavy atom. The number of benzene rings is 1. The highest BCUT2D eigenvalue weighted by Gasteiger charge is 2.27. The van der Waals surface area contributed by atoms with E-state index >= 15 is 0 Å². The summed E-state index contributed by atoms with van der Waals surface area (Å²) in [5.74, 6) is 1.26. The zero-order valence-corrected chi connectivity index (χ0v) is 14.9. The molecule has 1 aliphatic heterocycles. The number of nitrogens with zero attached hydrogens (tertiary/aromatic N) is 2. The van der Waals surface area contributed by atoms with E-state index in [1.807, 2.05) is 36.1 Å². The maximum atomic E-state index is 12.7. The van der Waals surface area contributed by atoms with Crippen molar-refractivity contribution in [2.24, 2.45) is 11.7 Å². The van der Waals surface area contributed by atoms with Crippen LogP contribution in [0, 0.1) is 5.92 Å². The van der Waals surface area contributed by atoms with E-state index in [4.69, 9.17) is 10.5 Å². The number of amides is 1. The van der Waals surface area contributed by atoms with Gasteiger partial charge in [0.2, 0.25) is 0 Å². The second kappa shape index (κ2) is 7.32. The summed E-state index contributed by atoms with van der Waals surface area (Å²) in [5.41, 5.74) is 7.01. The first-order valence-corrected chi connectivity index (χ1v) is 9.05. The summed E-state index contributed by atoms with van der Waals surface area (Å²) in [6.45, 7) is 3.57. The lowest BCUT2D eigenvalue weighted by atomic mass is 9.92. The first-order valence-electron chi connectivity index (χ1n) is 8.23. The summed E-state index contributed by atoms with van der Waals surface area (Å²) >= 11 is 1.44. The zero-order chi connectivity index (χ0) is 17.1. The number of hydrogen-bond donors (Lipinski definition) is 1. The molecule has 1 saturated heterocycles. The van der Waals surface area contributed by atoms with Crippen LogP contribution >= 0.6 is 11.3 Å². The first kappa shape index (κ1) is 16.9. The highest BCUT2D eigenvalue weighted by atomic mass is 32.1. The minimum atomic E-state index is 0.0672. The van der Waals surface area contributed by atoms with Crippen LogP contribution in [0.5, 0.6) is 5.75 Å². The quantitative estimate of drug-likeness (QED) is 0.925. The predicted molar refractivity (Wildman–Crippen MR) is 96.4 cm³/mol. The third-order valence-electron chi connectivity index (χ3n) is 4.54. The van der Waals surface area contributed by atoms with Crippen LogP contribution in [-0.4, -0.2) is 42.0 Å². The third-order valence-corrected chi connectivity index (χ3v) is 5.58. The number of rotatable bonds is 4. The fourth-order valence-electron chi connectivity index (χ4n) is 3.02. The molecule has 128 valence electrons. The SMILES string of the molecule is COc1ccc(-c2ncc(C(=O)N3CCCC(C(C)N)C3)s2)cc1. The molecule has 1 aromatic heterocycles. The molecule has 1 aromatic carbocycles.